The number of carbonyl (C=O) groups excluding carboxylic acids is 1. The largest absolute Gasteiger partial charge is 0.497 e. The summed E-state index contributed by atoms with van der Waals surface area (Å²) in [7, 11) is 1.60. The fourth-order valence-corrected chi connectivity index (χ4v) is 5.27. The van der Waals surface area contributed by atoms with Gasteiger partial charge in [-0.3, -0.25) is 14.2 Å². The fraction of sp³-hybridized carbons (Fsp3) is 0.250. The highest BCUT2D eigenvalue weighted by Gasteiger charge is 2.24. The van der Waals surface area contributed by atoms with Gasteiger partial charge in [0.15, 0.2) is 16.7 Å². The van der Waals surface area contributed by atoms with Crippen molar-refractivity contribution in [2.45, 2.75) is 37.2 Å². The Morgan fingerprint density at radius 1 is 1.16 bits per heavy atom. The maximum absolute atomic E-state index is 13.8. The SMILES string of the molecule is CCC(Sc1nc2cc3c(cc2c(=O)n1Cc1ccc(OC)cc1)OCO3)C(=O)Nc1ccc(C)c(Cl)c1. The van der Waals surface area contributed by atoms with E-state index in [-0.39, 0.29) is 24.8 Å². The quantitative estimate of drug-likeness (QED) is 0.223. The van der Waals surface area contributed by atoms with E-state index in [2.05, 4.69) is 5.32 Å². The average Bonchev–Trinajstić information content (AvgIpc) is 3.38. The summed E-state index contributed by atoms with van der Waals surface area (Å²) in [5.74, 6) is 1.57. The van der Waals surface area contributed by atoms with Gasteiger partial charge < -0.3 is 19.5 Å². The molecule has 10 heteroatoms. The third kappa shape index (κ3) is 5.30. The van der Waals surface area contributed by atoms with Gasteiger partial charge in [0.1, 0.15) is 5.75 Å². The van der Waals surface area contributed by atoms with Crippen molar-refractivity contribution in [1.29, 1.82) is 0 Å². The van der Waals surface area contributed by atoms with Crippen molar-refractivity contribution in [3.63, 3.8) is 0 Å². The first-order valence-corrected chi connectivity index (χ1v) is 13.3. The molecule has 196 valence electrons. The number of aryl methyl sites for hydroxylation is 1. The fourth-order valence-electron chi connectivity index (χ4n) is 4.08. The molecule has 0 radical (unpaired) electrons. The molecule has 5 rings (SSSR count). The minimum Gasteiger partial charge on any atom is -0.497 e. The molecule has 1 aliphatic heterocycles. The second-order valence-electron chi connectivity index (χ2n) is 8.82. The van der Waals surface area contributed by atoms with E-state index in [1.54, 1.807) is 29.9 Å². The van der Waals surface area contributed by atoms with Crippen LogP contribution >= 0.6 is 23.4 Å². The number of carbonyl (C=O) groups is 1. The highest BCUT2D eigenvalue weighted by atomic mass is 35.5. The van der Waals surface area contributed by atoms with Crippen molar-refractivity contribution < 1.29 is 19.0 Å². The molecule has 4 aromatic rings. The highest BCUT2D eigenvalue weighted by molar-refractivity contribution is 8.00. The molecule has 0 bridgehead atoms. The Morgan fingerprint density at radius 3 is 2.58 bits per heavy atom. The number of nitrogens with one attached hydrogen (secondary N) is 1. The van der Waals surface area contributed by atoms with Crippen LogP contribution in [0.4, 0.5) is 5.69 Å². The molecule has 2 heterocycles. The van der Waals surface area contributed by atoms with Gasteiger partial charge in [0.05, 0.1) is 29.8 Å². The van der Waals surface area contributed by atoms with Crippen LogP contribution in [-0.2, 0) is 11.3 Å². The monoisotopic (exact) mass is 551 g/mol. The van der Waals surface area contributed by atoms with E-state index >= 15 is 0 Å². The predicted molar refractivity (Wildman–Crippen MR) is 149 cm³/mol. The summed E-state index contributed by atoms with van der Waals surface area (Å²) in [6.07, 6.45) is 0.522. The number of anilines is 1. The number of benzene rings is 3. The van der Waals surface area contributed by atoms with Crippen LogP contribution in [-0.4, -0.2) is 34.6 Å². The number of thioether (sulfide) groups is 1. The van der Waals surface area contributed by atoms with Gasteiger partial charge in [-0.15, -0.1) is 0 Å². The summed E-state index contributed by atoms with van der Waals surface area (Å²) < 4.78 is 17.8. The molecule has 38 heavy (non-hydrogen) atoms. The van der Waals surface area contributed by atoms with Crippen LogP contribution in [0.5, 0.6) is 17.2 Å². The summed E-state index contributed by atoms with van der Waals surface area (Å²) in [6.45, 7) is 4.19. The summed E-state index contributed by atoms with van der Waals surface area (Å²) in [6, 6.07) is 16.2. The number of hydrogen-bond donors (Lipinski definition) is 1. The molecule has 8 nitrogen and oxygen atoms in total. The van der Waals surface area contributed by atoms with Crippen LogP contribution in [0.2, 0.25) is 5.02 Å². The molecule has 1 amide bonds. The molecule has 1 aliphatic rings. The Labute approximate surface area is 228 Å². The Morgan fingerprint density at radius 2 is 1.89 bits per heavy atom. The molecule has 0 saturated carbocycles. The number of fused-ring (bicyclic) bond motifs is 2. The summed E-state index contributed by atoms with van der Waals surface area (Å²) in [5, 5.41) is 3.86. The number of hydrogen-bond acceptors (Lipinski definition) is 7. The first-order chi connectivity index (χ1) is 18.4. The zero-order chi connectivity index (χ0) is 26.8. The van der Waals surface area contributed by atoms with Gasteiger partial charge in [-0.2, -0.15) is 0 Å². The lowest BCUT2D eigenvalue weighted by Crippen LogP contribution is -2.28. The van der Waals surface area contributed by atoms with Gasteiger partial charge in [0.2, 0.25) is 12.7 Å². The van der Waals surface area contributed by atoms with Crippen molar-refractivity contribution >= 4 is 45.9 Å². The minimum absolute atomic E-state index is 0.0917. The van der Waals surface area contributed by atoms with Crippen LogP contribution in [0.1, 0.15) is 24.5 Å². The van der Waals surface area contributed by atoms with Crippen LogP contribution in [0.25, 0.3) is 10.9 Å². The van der Waals surface area contributed by atoms with E-state index in [0.29, 0.717) is 44.7 Å². The van der Waals surface area contributed by atoms with Gasteiger partial charge in [0.25, 0.3) is 5.56 Å². The number of halogens is 1. The van der Waals surface area contributed by atoms with Gasteiger partial charge in [0, 0.05) is 16.8 Å². The van der Waals surface area contributed by atoms with E-state index in [1.807, 2.05) is 50.2 Å². The van der Waals surface area contributed by atoms with E-state index in [9.17, 15) is 9.59 Å². The van der Waals surface area contributed by atoms with Gasteiger partial charge in [-0.1, -0.05) is 48.5 Å². The highest BCUT2D eigenvalue weighted by Crippen LogP contribution is 2.36. The molecule has 1 atom stereocenters. The molecule has 0 saturated heterocycles. The number of amides is 1. The first-order valence-electron chi connectivity index (χ1n) is 12.1. The Hall–Kier alpha value is -3.69. The number of nitrogens with zero attached hydrogens (tertiary/aromatic N) is 2. The topological polar surface area (TPSA) is 91.7 Å². The average molecular weight is 552 g/mol. The molecular formula is C28H26ClN3O5S. The van der Waals surface area contributed by atoms with Gasteiger partial charge in [-0.05, 0) is 54.8 Å². The maximum Gasteiger partial charge on any atom is 0.262 e. The summed E-state index contributed by atoms with van der Waals surface area (Å²) >= 11 is 7.49. The maximum atomic E-state index is 13.8. The van der Waals surface area contributed by atoms with Crippen molar-refractivity contribution in [1.82, 2.24) is 9.55 Å². The third-order valence-corrected chi connectivity index (χ3v) is 8.03. The van der Waals surface area contributed by atoms with Crippen molar-refractivity contribution in [3.8, 4) is 17.2 Å². The van der Waals surface area contributed by atoms with E-state index in [4.69, 9.17) is 30.8 Å². The number of aromatic nitrogens is 2. The molecule has 0 aliphatic carbocycles. The lowest BCUT2D eigenvalue weighted by molar-refractivity contribution is -0.115. The number of rotatable bonds is 8. The van der Waals surface area contributed by atoms with Crippen LogP contribution in [0.15, 0.2) is 64.5 Å². The van der Waals surface area contributed by atoms with Gasteiger partial charge in [-0.25, -0.2) is 4.98 Å². The van der Waals surface area contributed by atoms with Crippen LogP contribution < -0.4 is 25.1 Å². The standard InChI is InChI=1S/C28H26ClN3O5S/c1-4-25(26(33)30-18-8-5-16(2)21(29)11-18)38-28-31-22-13-24-23(36-15-37-24)12-20(22)27(34)32(28)14-17-6-9-19(35-3)10-7-17/h5-13,25H,4,14-15H2,1-3H3,(H,30,33). The zero-order valence-electron chi connectivity index (χ0n) is 21.1. The molecule has 3 aromatic carbocycles. The Balaban J connectivity index is 1.52. The molecule has 1 N–H and O–H groups in total. The normalized spacial score (nSPS) is 12.9. The summed E-state index contributed by atoms with van der Waals surface area (Å²) in [5.41, 5.74) is 2.68. The van der Waals surface area contributed by atoms with E-state index in [0.717, 1.165) is 16.9 Å². The third-order valence-electron chi connectivity index (χ3n) is 6.26. The molecule has 1 aromatic heterocycles. The lowest BCUT2D eigenvalue weighted by atomic mass is 10.2. The van der Waals surface area contributed by atoms with Crippen molar-refractivity contribution in [3.05, 3.63) is 81.1 Å². The molecule has 1 unspecified atom stereocenters. The molecular weight excluding hydrogens is 526 g/mol. The summed E-state index contributed by atoms with van der Waals surface area (Å²) in [4.78, 5) is 31.8. The smallest absolute Gasteiger partial charge is 0.262 e. The van der Waals surface area contributed by atoms with Crippen LogP contribution in [0.3, 0.4) is 0 Å². The number of ether oxygens (including phenoxy) is 3. The van der Waals surface area contributed by atoms with Crippen molar-refractivity contribution in [2.75, 3.05) is 19.2 Å². The predicted octanol–water partition coefficient (Wildman–Crippen LogP) is 5.65. The van der Waals surface area contributed by atoms with E-state index < -0.39 is 5.25 Å². The van der Waals surface area contributed by atoms with E-state index in [1.165, 1.54) is 11.8 Å². The first kappa shape index (κ1) is 25.9. The Bertz CT molecular complexity index is 1570. The Kier molecular flexibility index (Phi) is 7.49. The minimum atomic E-state index is -0.504. The second kappa shape index (κ2) is 11.0. The van der Waals surface area contributed by atoms with Crippen molar-refractivity contribution in [2.24, 2.45) is 0 Å². The number of methoxy groups -OCH3 is 1. The second-order valence-corrected chi connectivity index (χ2v) is 10.4. The van der Waals surface area contributed by atoms with Crippen LogP contribution in [0, 0.1) is 6.92 Å². The van der Waals surface area contributed by atoms with Gasteiger partial charge >= 0.3 is 0 Å². The lowest BCUT2D eigenvalue weighted by Gasteiger charge is -2.18. The molecule has 0 spiro atoms. The molecule has 0 fully saturated rings. The zero-order valence-corrected chi connectivity index (χ0v) is 22.7.